The Morgan fingerprint density at radius 2 is 1.79 bits per heavy atom. The molecule has 3 amide bonds. The third kappa shape index (κ3) is 5.39. The Kier molecular flexibility index (Phi) is 7.16. The first-order valence-corrected chi connectivity index (χ1v) is 13.7. The van der Waals surface area contributed by atoms with Gasteiger partial charge in [-0.25, -0.2) is 14.5 Å². The number of cyclic esters (lactones) is 1. The molecular formula is C30H35ClN2O5. The van der Waals surface area contributed by atoms with Crippen LogP contribution in [-0.4, -0.2) is 58.7 Å². The van der Waals surface area contributed by atoms with Crippen LogP contribution in [0.2, 0.25) is 5.02 Å². The van der Waals surface area contributed by atoms with Gasteiger partial charge in [-0.05, 0) is 75.1 Å². The highest BCUT2D eigenvalue weighted by atomic mass is 35.5. The van der Waals surface area contributed by atoms with Gasteiger partial charge in [0.05, 0.1) is 18.0 Å². The first-order valence-electron chi connectivity index (χ1n) is 13.3. The fourth-order valence-electron chi connectivity index (χ4n) is 6.07. The van der Waals surface area contributed by atoms with E-state index < -0.39 is 35.8 Å². The highest BCUT2D eigenvalue weighted by Gasteiger charge is 2.55. The van der Waals surface area contributed by atoms with Gasteiger partial charge in [-0.15, -0.1) is 0 Å². The molecule has 0 aromatic heterocycles. The van der Waals surface area contributed by atoms with Crippen molar-refractivity contribution in [2.45, 2.75) is 76.5 Å². The molecule has 1 unspecified atom stereocenters. The Labute approximate surface area is 229 Å². The van der Waals surface area contributed by atoms with E-state index in [0.717, 1.165) is 24.8 Å². The molecule has 3 aliphatic rings. The van der Waals surface area contributed by atoms with Crippen LogP contribution in [0.4, 0.5) is 9.59 Å². The van der Waals surface area contributed by atoms with E-state index in [0.29, 0.717) is 30.0 Å². The van der Waals surface area contributed by atoms with E-state index in [1.807, 2.05) is 63.2 Å². The normalized spacial score (nSPS) is 23.2. The number of halogens is 1. The zero-order valence-electron chi connectivity index (χ0n) is 22.2. The average molecular weight is 539 g/mol. The first-order chi connectivity index (χ1) is 18.1. The number of rotatable bonds is 5. The maximum atomic E-state index is 14.4. The standard InChI is InChI=1S/C30H35ClN2O5/c1-29(2,3)38-27(35)32-19-30(14-7-15-30)17-24(32)25(21-10-12-22(31)13-11-21)26(34)33-23(18-37-28(33)36)16-20-8-5-4-6-9-20/h4-6,8-13,23-25H,7,14-19H2,1-3H3/t23-,24-,25?/m0/s1. The molecule has 2 aromatic rings. The quantitative estimate of drug-likeness (QED) is 0.453. The molecule has 7 nitrogen and oxygen atoms in total. The Morgan fingerprint density at radius 3 is 2.39 bits per heavy atom. The lowest BCUT2D eigenvalue weighted by atomic mass is 9.66. The van der Waals surface area contributed by atoms with Gasteiger partial charge in [0.1, 0.15) is 12.2 Å². The van der Waals surface area contributed by atoms with Crippen molar-refractivity contribution in [2.24, 2.45) is 5.41 Å². The van der Waals surface area contributed by atoms with Crippen molar-refractivity contribution in [3.63, 3.8) is 0 Å². The van der Waals surface area contributed by atoms with Gasteiger partial charge in [0.2, 0.25) is 5.91 Å². The molecule has 1 aliphatic carbocycles. The first kappa shape index (κ1) is 26.5. The van der Waals surface area contributed by atoms with E-state index in [-0.39, 0.29) is 17.9 Å². The second-order valence-corrected chi connectivity index (χ2v) is 12.3. The molecule has 0 N–H and O–H groups in total. The highest BCUT2D eigenvalue weighted by Crippen LogP contribution is 2.53. The average Bonchev–Trinajstić information content (AvgIpc) is 3.41. The van der Waals surface area contributed by atoms with Crippen LogP contribution in [0.5, 0.6) is 0 Å². The Morgan fingerprint density at radius 1 is 1.11 bits per heavy atom. The number of hydrogen-bond acceptors (Lipinski definition) is 5. The van der Waals surface area contributed by atoms with Crippen molar-refractivity contribution in [3.05, 3.63) is 70.7 Å². The minimum absolute atomic E-state index is 0.0263. The molecule has 1 saturated carbocycles. The number of likely N-dealkylation sites (tertiary alicyclic amines) is 1. The minimum Gasteiger partial charge on any atom is -0.447 e. The molecule has 2 saturated heterocycles. The van der Waals surface area contributed by atoms with Gasteiger partial charge in [-0.3, -0.25) is 4.79 Å². The lowest BCUT2D eigenvalue weighted by Crippen LogP contribution is -2.50. The van der Waals surface area contributed by atoms with E-state index in [2.05, 4.69) is 0 Å². The van der Waals surface area contributed by atoms with Crippen molar-refractivity contribution in [1.82, 2.24) is 9.80 Å². The Bertz CT molecular complexity index is 1190. The molecule has 0 bridgehead atoms. The largest absolute Gasteiger partial charge is 0.447 e. The molecule has 3 fully saturated rings. The third-order valence-corrected chi connectivity index (χ3v) is 8.24. The van der Waals surface area contributed by atoms with E-state index in [1.54, 1.807) is 17.0 Å². The number of nitrogens with zero attached hydrogens (tertiary/aromatic N) is 2. The summed E-state index contributed by atoms with van der Waals surface area (Å²) < 4.78 is 11.2. The Balaban J connectivity index is 1.51. The summed E-state index contributed by atoms with van der Waals surface area (Å²) in [5.74, 6) is -1.12. The zero-order chi connectivity index (χ0) is 27.1. The number of hydrogen-bond donors (Lipinski definition) is 0. The highest BCUT2D eigenvalue weighted by molar-refractivity contribution is 6.30. The lowest BCUT2D eigenvalue weighted by molar-refractivity contribution is -0.132. The molecule has 2 aromatic carbocycles. The fraction of sp³-hybridized carbons (Fsp3) is 0.500. The van der Waals surface area contributed by atoms with Crippen LogP contribution in [0, 0.1) is 5.41 Å². The van der Waals surface area contributed by atoms with Gasteiger partial charge in [0.15, 0.2) is 0 Å². The molecule has 3 atom stereocenters. The molecule has 202 valence electrons. The Hall–Kier alpha value is -3.06. The van der Waals surface area contributed by atoms with Gasteiger partial charge in [-0.2, -0.15) is 0 Å². The van der Waals surface area contributed by atoms with E-state index in [9.17, 15) is 14.4 Å². The molecule has 1 spiro atoms. The van der Waals surface area contributed by atoms with E-state index in [4.69, 9.17) is 21.1 Å². The van der Waals surface area contributed by atoms with Crippen molar-refractivity contribution >= 4 is 29.7 Å². The predicted molar refractivity (Wildman–Crippen MR) is 144 cm³/mol. The van der Waals surface area contributed by atoms with Crippen molar-refractivity contribution in [3.8, 4) is 0 Å². The molecule has 2 heterocycles. The van der Waals surface area contributed by atoms with Gasteiger partial charge in [-0.1, -0.05) is 60.5 Å². The van der Waals surface area contributed by atoms with Crippen LogP contribution in [0.15, 0.2) is 54.6 Å². The number of amides is 3. The summed E-state index contributed by atoms with van der Waals surface area (Å²) in [5, 5.41) is 0.549. The lowest BCUT2D eigenvalue weighted by Gasteiger charge is -2.38. The summed E-state index contributed by atoms with van der Waals surface area (Å²) in [5.41, 5.74) is 1.03. The summed E-state index contributed by atoms with van der Waals surface area (Å²) in [7, 11) is 0. The summed E-state index contributed by atoms with van der Waals surface area (Å²) in [4.78, 5) is 43.9. The summed E-state index contributed by atoms with van der Waals surface area (Å²) in [6, 6.07) is 16.0. The van der Waals surface area contributed by atoms with Crippen molar-refractivity contribution < 1.29 is 23.9 Å². The second kappa shape index (κ2) is 10.3. The molecule has 38 heavy (non-hydrogen) atoms. The molecule has 8 heteroatoms. The number of ether oxygens (including phenoxy) is 2. The maximum absolute atomic E-state index is 14.4. The van der Waals surface area contributed by atoms with Crippen molar-refractivity contribution in [1.29, 1.82) is 0 Å². The monoisotopic (exact) mass is 538 g/mol. The maximum Gasteiger partial charge on any atom is 0.417 e. The van der Waals surface area contributed by atoms with E-state index >= 15 is 0 Å². The summed E-state index contributed by atoms with van der Waals surface area (Å²) >= 11 is 6.19. The predicted octanol–water partition coefficient (Wildman–Crippen LogP) is 6.19. The number of carbonyl (C=O) groups is 3. The third-order valence-electron chi connectivity index (χ3n) is 7.98. The van der Waals surface area contributed by atoms with Gasteiger partial charge in [0.25, 0.3) is 0 Å². The van der Waals surface area contributed by atoms with Crippen LogP contribution in [-0.2, 0) is 20.7 Å². The van der Waals surface area contributed by atoms with Crippen LogP contribution in [0.3, 0.4) is 0 Å². The van der Waals surface area contributed by atoms with Crippen LogP contribution in [0.1, 0.15) is 63.5 Å². The summed E-state index contributed by atoms with van der Waals surface area (Å²) in [6.45, 7) is 6.20. The number of imide groups is 1. The van der Waals surface area contributed by atoms with Gasteiger partial charge >= 0.3 is 12.2 Å². The van der Waals surface area contributed by atoms with Gasteiger partial charge in [0, 0.05) is 11.6 Å². The number of benzene rings is 2. The van der Waals surface area contributed by atoms with Crippen LogP contribution >= 0.6 is 11.6 Å². The minimum atomic E-state index is -0.760. The van der Waals surface area contributed by atoms with Gasteiger partial charge < -0.3 is 14.4 Å². The zero-order valence-corrected chi connectivity index (χ0v) is 22.9. The molecule has 5 rings (SSSR count). The van der Waals surface area contributed by atoms with E-state index in [1.165, 1.54) is 4.90 Å². The number of carbonyl (C=O) groups excluding carboxylic acids is 3. The fourth-order valence-corrected chi connectivity index (χ4v) is 6.20. The molecule has 0 radical (unpaired) electrons. The second-order valence-electron chi connectivity index (χ2n) is 11.9. The summed E-state index contributed by atoms with van der Waals surface area (Å²) in [6.07, 6.45) is 3.22. The molecule has 2 aliphatic heterocycles. The smallest absolute Gasteiger partial charge is 0.417 e. The van der Waals surface area contributed by atoms with Crippen LogP contribution < -0.4 is 0 Å². The SMILES string of the molecule is CC(C)(C)OC(=O)N1CC2(CCC2)C[C@H]1C(C(=O)N1C(=O)OC[C@@H]1Cc1ccccc1)c1ccc(Cl)cc1. The van der Waals surface area contributed by atoms with Crippen molar-refractivity contribution in [2.75, 3.05) is 13.2 Å². The molecular weight excluding hydrogens is 504 g/mol. The van der Waals surface area contributed by atoms with Crippen LogP contribution in [0.25, 0.3) is 0 Å². The topological polar surface area (TPSA) is 76.2 Å².